The fourth-order valence-corrected chi connectivity index (χ4v) is 7.81. The summed E-state index contributed by atoms with van der Waals surface area (Å²) < 4.78 is 52.1. The van der Waals surface area contributed by atoms with Crippen LogP contribution in [-0.4, -0.2) is 26.8 Å². The molecule has 0 spiro atoms. The van der Waals surface area contributed by atoms with Crippen LogP contribution in [0.3, 0.4) is 0 Å². The Balaban J connectivity index is 0.000000161. The monoisotopic (exact) mass is 790 g/mol. The number of halogens is 2. The summed E-state index contributed by atoms with van der Waals surface area (Å²) in [6, 6.07) is 31.6. The van der Waals surface area contributed by atoms with E-state index in [4.69, 9.17) is 0 Å². The molecule has 0 radical (unpaired) electrons. The van der Waals surface area contributed by atoms with E-state index in [9.17, 15) is 16.8 Å². The third kappa shape index (κ3) is 5.90. The zero-order valence-corrected chi connectivity index (χ0v) is 26.6. The van der Waals surface area contributed by atoms with Crippen LogP contribution in [0, 0.1) is 7.14 Å². The average Bonchev–Trinajstić information content (AvgIpc) is 2.98. The second kappa shape index (κ2) is 11.9. The van der Waals surface area contributed by atoms with Gasteiger partial charge in [0.1, 0.15) is 0 Å². The maximum atomic E-state index is 12.5. The van der Waals surface area contributed by atoms with Crippen LogP contribution in [0.15, 0.2) is 141 Å². The third-order valence-corrected chi connectivity index (χ3v) is 11.2. The summed E-state index contributed by atoms with van der Waals surface area (Å²) in [5, 5.41) is 1.66. The molecule has 0 saturated heterocycles. The summed E-state index contributed by atoms with van der Waals surface area (Å²) >= 11 is 4.38. The number of para-hydroxylation sites is 2. The van der Waals surface area contributed by atoms with Crippen molar-refractivity contribution in [3.05, 3.63) is 129 Å². The number of benzene rings is 4. The van der Waals surface area contributed by atoms with Gasteiger partial charge in [0.2, 0.25) is 19.7 Å². The summed E-state index contributed by atoms with van der Waals surface area (Å²) in [5.41, 5.74) is 1.64. The topological polar surface area (TPSA) is 94.1 Å². The van der Waals surface area contributed by atoms with Gasteiger partial charge in [-0.1, -0.05) is 60.7 Å². The van der Waals surface area contributed by atoms with Gasteiger partial charge < -0.3 is 0 Å². The Kier molecular flexibility index (Phi) is 8.50. The smallest absolute Gasteiger partial charge is 0.208 e. The Bertz CT molecular complexity index is 1900. The number of pyridine rings is 2. The van der Waals surface area contributed by atoms with E-state index in [0.29, 0.717) is 0 Å². The quantitative estimate of drug-likeness (QED) is 0.174. The van der Waals surface area contributed by atoms with E-state index < -0.39 is 19.7 Å². The minimum absolute atomic E-state index is 0.221. The first kappa shape index (κ1) is 28.6. The minimum atomic E-state index is -3.51. The first-order valence-electron chi connectivity index (χ1n) is 11.9. The van der Waals surface area contributed by atoms with Crippen molar-refractivity contribution in [1.29, 1.82) is 0 Å². The lowest BCUT2D eigenvalue weighted by Crippen LogP contribution is -2.02. The molecule has 6 rings (SSSR count). The summed E-state index contributed by atoms with van der Waals surface area (Å²) in [4.78, 5) is 9.58. The molecule has 0 bridgehead atoms. The zero-order valence-electron chi connectivity index (χ0n) is 20.6. The fraction of sp³-hybridized carbons (Fsp3) is 0. The van der Waals surface area contributed by atoms with Crippen LogP contribution in [0.25, 0.3) is 21.8 Å². The van der Waals surface area contributed by atoms with Gasteiger partial charge in [0.25, 0.3) is 0 Å². The van der Waals surface area contributed by atoms with Gasteiger partial charge in [-0.15, -0.1) is 0 Å². The number of nitrogens with zero attached hydrogens (tertiary/aromatic N) is 2. The van der Waals surface area contributed by atoms with Crippen LogP contribution in [-0.2, 0) is 19.7 Å². The largest absolute Gasteiger partial charge is 0.254 e. The zero-order chi connectivity index (χ0) is 28.3. The normalized spacial score (nSPS) is 11.7. The molecule has 2 aromatic heterocycles. The van der Waals surface area contributed by atoms with E-state index in [1.165, 1.54) is 12.4 Å². The molecule has 0 aliphatic heterocycles. The van der Waals surface area contributed by atoms with Gasteiger partial charge in [0.15, 0.2) is 0 Å². The van der Waals surface area contributed by atoms with Gasteiger partial charge in [-0.05, 0) is 93.7 Å². The highest BCUT2D eigenvalue weighted by Crippen LogP contribution is 2.26. The fourth-order valence-electron chi connectivity index (χ4n) is 3.97. The van der Waals surface area contributed by atoms with Crippen molar-refractivity contribution in [2.45, 2.75) is 19.6 Å². The molecule has 0 unspecified atom stereocenters. The van der Waals surface area contributed by atoms with E-state index >= 15 is 0 Å². The predicted molar refractivity (Wildman–Crippen MR) is 173 cm³/mol. The molecule has 0 N–H and O–H groups in total. The number of rotatable bonds is 4. The molecule has 0 atom stereocenters. The van der Waals surface area contributed by atoms with Crippen LogP contribution in [0.4, 0.5) is 0 Å². The molecule has 6 nitrogen and oxygen atoms in total. The first-order valence-corrected chi connectivity index (χ1v) is 17.0. The van der Waals surface area contributed by atoms with Crippen LogP contribution >= 0.6 is 45.2 Å². The maximum absolute atomic E-state index is 12.5. The van der Waals surface area contributed by atoms with Crippen molar-refractivity contribution in [2.24, 2.45) is 0 Å². The van der Waals surface area contributed by atoms with Gasteiger partial charge >= 0.3 is 0 Å². The molecule has 0 fully saturated rings. The number of aromatic nitrogens is 2. The highest BCUT2D eigenvalue weighted by atomic mass is 127. The van der Waals surface area contributed by atoms with Crippen molar-refractivity contribution in [3.63, 3.8) is 0 Å². The van der Waals surface area contributed by atoms with Crippen LogP contribution in [0.2, 0.25) is 0 Å². The minimum Gasteiger partial charge on any atom is -0.254 e. The molecular weight excluding hydrogens is 770 g/mol. The van der Waals surface area contributed by atoms with E-state index in [1.54, 1.807) is 72.8 Å². The van der Waals surface area contributed by atoms with E-state index in [1.807, 2.05) is 36.4 Å². The van der Waals surface area contributed by atoms with Crippen molar-refractivity contribution in [3.8, 4) is 0 Å². The molecule has 0 amide bonds. The standard InChI is InChI=1S/2C15H10INO2S/c2*16-14-8-4-5-11-9-13(10-17-15(11)14)20(18,19)12-6-2-1-3-7-12/h2*1-10H. The second-order valence-corrected chi connectivity index (χ2v) is 14.8. The molecule has 0 aliphatic rings. The average molecular weight is 790 g/mol. The first-order chi connectivity index (χ1) is 19.2. The summed E-state index contributed by atoms with van der Waals surface area (Å²) in [7, 11) is -7.02. The lowest BCUT2D eigenvalue weighted by Gasteiger charge is -2.06. The molecule has 0 aliphatic carbocycles. The van der Waals surface area contributed by atoms with Crippen LogP contribution in [0.1, 0.15) is 0 Å². The lowest BCUT2D eigenvalue weighted by atomic mass is 10.2. The summed E-state index contributed by atoms with van der Waals surface area (Å²) in [5.74, 6) is 0. The summed E-state index contributed by atoms with van der Waals surface area (Å²) in [6.07, 6.45) is 2.85. The van der Waals surface area contributed by atoms with Crippen LogP contribution < -0.4 is 0 Å². The molecule has 2 heterocycles. The highest BCUT2D eigenvalue weighted by molar-refractivity contribution is 14.1. The molecule has 10 heteroatoms. The predicted octanol–water partition coefficient (Wildman–Crippen LogP) is 7.34. The molecule has 40 heavy (non-hydrogen) atoms. The van der Waals surface area contributed by atoms with E-state index in [0.717, 1.165) is 28.9 Å². The number of sulfone groups is 2. The van der Waals surface area contributed by atoms with Crippen molar-refractivity contribution >= 4 is 86.7 Å². The Labute approximate surface area is 259 Å². The molecule has 6 aromatic rings. The van der Waals surface area contributed by atoms with Crippen molar-refractivity contribution < 1.29 is 16.8 Å². The summed E-state index contributed by atoms with van der Waals surface area (Å²) in [6.45, 7) is 0. The van der Waals surface area contributed by atoms with Gasteiger partial charge in [-0.25, -0.2) is 16.8 Å². The Morgan fingerprint density at radius 3 is 1.20 bits per heavy atom. The molecule has 4 aromatic carbocycles. The van der Waals surface area contributed by atoms with Gasteiger partial charge in [-0.3, -0.25) is 9.97 Å². The van der Waals surface area contributed by atoms with Gasteiger partial charge in [0, 0.05) is 30.3 Å². The van der Waals surface area contributed by atoms with E-state index in [-0.39, 0.29) is 19.6 Å². The highest BCUT2D eigenvalue weighted by Gasteiger charge is 2.19. The Hall–Kier alpha value is -2.94. The van der Waals surface area contributed by atoms with Crippen molar-refractivity contribution in [2.75, 3.05) is 0 Å². The number of fused-ring (bicyclic) bond motifs is 2. The maximum Gasteiger partial charge on any atom is 0.208 e. The van der Waals surface area contributed by atoms with Crippen molar-refractivity contribution in [1.82, 2.24) is 9.97 Å². The number of hydrogen-bond donors (Lipinski definition) is 0. The molecular formula is C30H20I2N2O4S2. The van der Waals surface area contributed by atoms with Crippen LogP contribution in [0.5, 0.6) is 0 Å². The third-order valence-electron chi connectivity index (χ3n) is 6.00. The van der Waals surface area contributed by atoms with Gasteiger partial charge in [0.05, 0.1) is 30.6 Å². The SMILES string of the molecule is O=S(=O)(c1ccccc1)c1cnc2c(I)cccc2c1.O=S(=O)(c1ccccc1)c1cnc2c(I)cccc2c1. The Morgan fingerprint density at radius 1 is 0.450 bits per heavy atom. The molecule has 200 valence electrons. The number of hydrogen-bond acceptors (Lipinski definition) is 6. The lowest BCUT2D eigenvalue weighted by molar-refractivity contribution is 0.594. The van der Waals surface area contributed by atoms with E-state index in [2.05, 4.69) is 55.1 Å². The Morgan fingerprint density at radius 2 is 0.825 bits per heavy atom. The van der Waals surface area contributed by atoms with Gasteiger partial charge in [-0.2, -0.15) is 0 Å². The second-order valence-electron chi connectivity index (χ2n) is 8.60. The molecule has 0 saturated carbocycles.